The van der Waals surface area contributed by atoms with Gasteiger partial charge in [-0.3, -0.25) is 0 Å². The van der Waals surface area contributed by atoms with E-state index in [9.17, 15) is 13.2 Å². The summed E-state index contributed by atoms with van der Waals surface area (Å²) in [6.07, 6.45) is -3.46. The van der Waals surface area contributed by atoms with E-state index in [0.717, 1.165) is 17.8 Å². The Morgan fingerprint density at radius 2 is 1.87 bits per heavy atom. The average molecular weight is 320 g/mol. The molecule has 0 aliphatic heterocycles. The highest BCUT2D eigenvalue weighted by atomic mass is 19.4. The fourth-order valence-corrected chi connectivity index (χ4v) is 1.91. The van der Waals surface area contributed by atoms with Crippen LogP contribution in [-0.2, 0) is 12.7 Å². The van der Waals surface area contributed by atoms with Crippen molar-refractivity contribution in [2.45, 2.75) is 12.7 Å². The molecule has 0 aliphatic carbocycles. The lowest BCUT2D eigenvalue weighted by Gasteiger charge is -2.07. The summed E-state index contributed by atoms with van der Waals surface area (Å²) in [5.41, 5.74) is 0.530. The van der Waals surface area contributed by atoms with Gasteiger partial charge in [0.1, 0.15) is 11.4 Å². The summed E-state index contributed by atoms with van der Waals surface area (Å²) in [4.78, 5) is 7.16. The number of aromatic nitrogens is 3. The summed E-state index contributed by atoms with van der Waals surface area (Å²) in [5.74, 6) is 0.336. The lowest BCUT2D eigenvalue weighted by Crippen LogP contribution is -2.11. The van der Waals surface area contributed by atoms with Crippen molar-refractivity contribution in [2.75, 3.05) is 5.32 Å². The maximum absolute atomic E-state index is 12.6. The van der Waals surface area contributed by atoms with Gasteiger partial charge in [0.25, 0.3) is 0 Å². The van der Waals surface area contributed by atoms with Crippen LogP contribution in [-0.4, -0.2) is 15.1 Å². The van der Waals surface area contributed by atoms with Crippen LogP contribution in [0, 0.1) is 0 Å². The molecule has 0 saturated carbocycles. The highest BCUT2D eigenvalue weighted by Gasteiger charge is 2.32. The van der Waals surface area contributed by atoms with Crippen LogP contribution in [0.3, 0.4) is 0 Å². The van der Waals surface area contributed by atoms with Gasteiger partial charge in [-0.2, -0.15) is 13.2 Å². The highest BCUT2D eigenvalue weighted by Crippen LogP contribution is 2.27. The Labute approximate surface area is 129 Å². The number of halogens is 3. The zero-order valence-electron chi connectivity index (χ0n) is 11.7. The van der Waals surface area contributed by atoms with E-state index in [1.165, 1.54) is 0 Å². The van der Waals surface area contributed by atoms with E-state index < -0.39 is 11.9 Å². The molecule has 0 aliphatic rings. The minimum atomic E-state index is -4.51. The van der Waals surface area contributed by atoms with Crippen molar-refractivity contribution in [3.05, 3.63) is 60.1 Å². The Morgan fingerprint density at radius 3 is 2.61 bits per heavy atom. The summed E-state index contributed by atoms with van der Waals surface area (Å²) in [7, 11) is 0. The number of nitrogens with zero attached hydrogens (tertiary/aromatic N) is 3. The molecule has 5 nitrogen and oxygen atoms in total. The molecule has 0 amide bonds. The van der Waals surface area contributed by atoms with Crippen molar-refractivity contribution in [1.82, 2.24) is 15.1 Å². The molecule has 0 bridgehead atoms. The summed E-state index contributed by atoms with van der Waals surface area (Å²) in [5, 5.41) is 6.60. The predicted molar refractivity (Wildman–Crippen MR) is 76.3 cm³/mol. The topological polar surface area (TPSA) is 63.8 Å². The molecule has 8 heteroatoms. The Kier molecular flexibility index (Phi) is 3.96. The number of benzene rings is 1. The molecule has 3 rings (SSSR count). The first-order valence-electron chi connectivity index (χ1n) is 6.67. The van der Waals surface area contributed by atoms with Crippen LogP contribution in [0.5, 0.6) is 0 Å². The Balaban J connectivity index is 1.69. The minimum Gasteiger partial charge on any atom is -0.359 e. The second kappa shape index (κ2) is 6.07. The fourth-order valence-electron chi connectivity index (χ4n) is 1.91. The highest BCUT2D eigenvalue weighted by molar-refractivity contribution is 5.58. The Morgan fingerprint density at radius 1 is 1.09 bits per heavy atom. The van der Waals surface area contributed by atoms with Crippen molar-refractivity contribution in [3.63, 3.8) is 0 Å². The largest absolute Gasteiger partial charge is 0.433 e. The number of rotatable bonds is 4. The van der Waals surface area contributed by atoms with Crippen LogP contribution in [0.4, 0.5) is 19.1 Å². The third kappa shape index (κ3) is 3.65. The third-order valence-corrected chi connectivity index (χ3v) is 3.00. The standard InChI is InChI=1S/C15H11F3N4O/c16-15(17,18)13-6-7-19-14(21-13)20-9-11-8-12(22-23-11)10-4-2-1-3-5-10/h1-8H,9H2,(H,19,20,21). The molecule has 0 fully saturated rings. The van der Waals surface area contributed by atoms with Crippen LogP contribution < -0.4 is 5.32 Å². The number of hydrogen-bond donors (Lipinski definition) is 1. The second-order valence-corrected chi connectivity index (χ2v) is 4.66. The molecule has 0 spiro atoms. The molecule has 0 atom stereocenters. The molecule has 0 radical (unpaired) electrons. The average Bonchev–Trinajstić information content (AvgIpc) is 3.02. The van der Waals surface area contributed by atoms with Gasteiger partial charge in [0.15, 0.2) is 5.76 Å². The second-order valence-electron chi connectivity index (χ2n) is 4.66. The van der Waals surface area contributed by atoms with Crippen LogP contribution in [0.15, 0.2) is 53.2 Å². The van der Waals surface area contributed by atoms with Crippen molar-refractivity contribution in [1.29, 1.82) is 0 Å². The van der Waals surface area contributed by atoms with Gasteiger partial charge in [0, 0.05) is 17.8 Å². The van der Waals surface area contributed by atoms with Crippen LogP contribution in [0.1, 0.15) is 11.5 Å². The first kappa shape index (κ1) is 15.0. The molecule has 23 heavy (non-hydrogen) atoms. The number of anilines is 1. The molecule has 0 unspecified atom stereocenters. The van der Waals surface area contributed by atoms with Gasteiger partial charge < -0.3 is 9.84 Å². The van der Waals surface area contributed by atoms with E-state index in [1.54, 1.807) is 6.07 Å². The molecule has 118 valence electrons. The van der Waals surface area contributed by atoms with Crippen molar-refractivity contribution >= 4 is 5.95 Å². The molecular weight excluding hydrogens is 309 g/mol. The number of nitrogens with one attached hydrogen (secondary N) is 1. The van der Waals surface area contributed by atoms with Gasteiger partial charge in [-0.1, -0.05) is 35.5 Å². The zero-order valence-corrected chi connectivity index (χ0v) is 11.7. The Bertz CT molecular complexity index is 787. The van der Waals surface area contributed by atoms with Gasteiger partial charge in [-0.05, 0) is 6.07 Å². The van der Waals surface area contributed by atoms with E-state index in [1.807, 2.05) is 30.3 Å². The van der Waals surface area contributed by atoms with Crippen LogP contribution in [0.2, 0.25) is 0 Å². The summed E-state index contributed by atoms with van der Waals surface area (Å²) < 4.78 is 42.9. The van der Waals surface area contributed by atoms with Crippen molar-refractivity contribution in [3.8, 4) is 11.3 Å². The van der Waals surface area contributed by atoms with Crippen molar-refractivity contribution < 1.29 is 17.7 Å². The quantitative estimate of drug-likeness (QED) is 0.793. The van der Waals surface area contributed by atoms with Gasteiger partial charge in [-0.15, -0.1) is 0 Å². The number of alkyl halides is 3. The first-order chi connectivity index (χ1) is 11.0. The monoisotopic (exact) mass is 320 g/mol. The lowest BCUT2D eigenvalue weighted by molar-refractivity contribution is -0.141. The normalized spacial score (nSPS) is 11.4. The van der Waals surface area contributed by atoms with E-state index >= 15 is 0 Å². The van der Waals surface area contributed by atoms with E-state index in [2.05, 4.69) is 20.4 Å². The van der Waals surface area contributed by atoms with E-state index in [4.69, 9.17) is 4.52 Å². The SMILES string of the molecule is FC(F)(F)c1ccnc(NCc2cc(-c3ccccc3)no2)n1. The predicted octanol–water partition coefficient (Wildman–Crippen LogP) is 3.76. The maximum atomic E-state index is 12.6. The fraction of sp³-hybridized carbons (Fsp3) is 0.133. The van der Waals surface area contributed by atoms with Crippen LogP contribution in [0.25, 0.3) is 11.3 Å². The molecule has 2 heterocycles. The van der Waals surface area contributed by atoms with Gasteiger partial charge in [0.2, 0.25) is 5.95 Å². The van der Waals surface area contributed by atoms with Crippen LogP contribution >= 0.6 is 0 Å². The summed E-state index contributed by atoms with van der Waals surface area (Å²) in [6, 6.07) is 11.9. The van der Waals surface area contributed by atoms with E-state index in [0.29, 0.717) is 11.5 Å². The number of hydrogen-bond acceptors (Lipinski definition) is 5. The smallest absolute Gasteiger partial charge is 0.359 e. The molecular formula is C15H11F3N4O. The third-order valence-electron chi connectivity index (χ3n) is 3.00. The Hall–Kier alpha value is -2.90. The zero-order chi connectivity index (χ0) is 16.3. The van der Waals surface area contributed by atoms with Gasteiger partial charge in [-0.25, -0.2) is 9.97 Å². The molecule has 3 aromatic rings. The lowest BCUT2D eigenvalue weighted by atomic mass is 10.1. The molecule has 0 saturated heterocycles. The minimum absolute atomic E-state index is 0.126. The summed E-state index contributed by atoms with van der Waals surface area (Å²) >= 11 is 0. The molecule has 1 aromatic carbocycles. The summed E-state index contributed by atoms with van der Waals surface area (Å²) in [6.45, 7) is 0.126. The van der Waals surface area contributed by atoms with E-state index in [-0.39, 0.29) is 12.5 Å². The molecule has 2 aromatic heterocycles. The maximum Gasteiger partial charge on any atom is 0.433 e. The van der Waals surface area contributed by atoms with Crippen molar-refractivity contribution in [2.24, 2.45) is 0 Å². The molecule has 1 N–H and O–H groups in total. The van der Waals surface area contributed by atoms with Gasteiger partial charge in [0.05, 0.1) is 6.54 Å². The first-order valence-corrected chi connectivity index (χ1v) is 6.67. The van der Waals surface area contributed by atoms with Gasteiger partial charge >= 0.3 is 6.18 Å².